The molecule has 2 aliphatic rings. The van der Waals surface area contributed by atoms with Crippen LogP contribution in [0.3, 0.4) is 0 Å². The van der Waals surface area contributed by atoms with Gasteiger partial charge in [-0.1, -0.05) is 13.3 Å². The quantitative estimate of drug-likeness (QED) is 0.785. The molecule has 0 aromatic heterocycles. The molecular formula is C12H24N2O2S. The molecule has 0 radical (unpaired) electrons. The van der Waals surface area contributed by atoms with Gasteiger partial charge in [-0.15, -0.1) is 0 Å². The SMILES string of the molecule is CCCCS(=O)(=O)NC1CCNC2(CCC2)C1. The topological polar surface area (TPSA) is 58.2 Å². The van der Waals surface area contributed by atoms with E-state index in [0.29, 0.717) is 0 Å². The highest BCUT2D eigenvalue weighted by molar-refractivity contribution is 7.89. The maximum atomic E-state index is 11.8. The third kappa shape index (κ3) is 3.42. The van der Waals surface area contributed by atoms with Crippen molar-refractivity contribution in [1.29, 1.82) is 0 Å². The third-order valence-electron chi connectivity index (χ3n) is 4.05. The van der Waals surface area contributed by atoms with Crippen LogP contribution >= 0.6 is 0 Å². The van der Waals surface area contributed by atoms with Gasteiger partial charge >= 0.3 is 0 Å². The van der Waals surface area contributed by atoms with Gasteiger partial charge in [0, 0.05) is 11.6 Å². The second kappa shape index (κ2) is 5.24. The summed E-state index contributed by atoms with van der Waals surface area (Å²) < 4.78 is 26.6. The number of unbranched alkanes of at least 4 members (excludes halogenated alkanes) is 1. The van der Waals surface area contributed by atoms with Crippen molar-refractivity contribution >= 4 is 10.0 Å². The summed E-state index contributed by atoms with van der Waals surface area (Å²) in [5.74, 6) is 0.278. The number of rotatable bonds is 5. The summed E-state index contributed by atoms with van der Waals surface area (Å²) in [7, 11) is -3.06. The molecule has 2 fully saturated rings. The van der Waals surface area contributed by atoms with Crippen LogP contribution in [0.1, 0.15) is 51.9 Å². The monoisotopic (exact) mass is 260 g/mol. The summed E-state index contributed by atoms with van der Waals surface area (Å²) in [5, 5.41) is 3.56. The van der Waals surface area contributed by atoms with E-state index in [-0.39, 0.29) is 17.3 Å². The maximum absolute atomic E-state index is 11.8. The largest absolute Gasteiger partial charge is 0.311 e. The molecular weight excluding hydrogens is 236 g/mol. The van der Waals surface area contributed by atoms with Crippen molar-refractivity contribution in [3.63, 3.8) is 0 Å². The highest BCUT2D eigenvalue weighted by Gasteiger charge is 2.41. The fourth-order valence-corrected chi connectivity index (χ4v) is 4.39. The summed E-state index contributed by atoms with van der Waals surface area (Å²) >= 11 is 0. The van der Waals surface area contributed by atoms with Gasteiger partial charge in [0.1, 0.15) is 0 Å². The van der Waals surface area contributed by atoms with Crippen LogP contribution in [0.5, 0.6) is 0 Å². The lowest BCUT2D eigenvalue weighted by molar-refractivity contribution is 0.126. The summed E-state index contributed by atoms with van der Waals surface area (Å²) in [6, 6.07) is 0.151. The number of nitrogens with one attached hydrogen (secondary N) is 2. The van der Waals surface area contributed by atoms with E-state index in [9.17, 15) is 8.42 Å². The van der Waals surface area contributed by atoms with Crippen LogP contribution in [0.4, 0.5) is 0 Å². The molecule has 1 aliphatic heterocycles. The standard InChI is InChI=1S/C12H24N2O2S/c1-2-3-9-17(15,16)14-11-5-8-13-12(10-11)6-4-7-12/h11,13-14H,2-10H2,1H3. The summed E-state index contributed by atoms with van der Waals surface area (Å²) in [6.07, 6.45) is 7.27. The smallest absolute Gasteiger partial charge is 0.211 e. The Morgan fingerprint density at radius 1 is 1.41 bits per heavy atom. The molecule has 0 amide bonds. The first kappa shape index (κ1) is 13.3. The van der Waals surface area contributed by atoms with Crippen molar-refractivity contribution < 1.29 is 8.42 Å². The van der Waals surface area contributed by atoms with E-state index >= 15 is 0 Å². The van der Waals surface area contributed by atoms with Gasteiger partial charge in [-0.3, -0.25) is 0 Å². The average molecular weight is 260 g/mol. The van der Waals surface area contributed by atoms with E-state index in [4.69, 9.17) is 0 Å². The fourth-order valence-electron chi connectivity index (χ4n) is 2.89. The van der Waals surface area contributed by atoms with E-state index < -0.39 is 10.0 Å². The van der Waals surface area contributed by atoms with Gasteiger partial charge in [-0.2, -0.15) is 0 Å². The Morgan fingerprint density at radius 3 is 2.76 bits per heavy atom. The Balaban J connectivity index is 1.86. The molecule has 1 aliphatic carbocycles. The Hall–Kier alpha value is -0.130. The van der Waals surface area contributed by atoms with Crippen LogP contribution in [0.2, 0.25) is 0 Å². The third-order valence-corrected chi connectivity index (χ3v) is 5.57. The van der Waals surface area contributed by atoms with Crippen molar-refractivity contribution in [2.75, 3.05) is 12.3 Å². The Morgan fingerprint density at radius 2 is 2.18 bits per heavy atom. The predicted molar refractivity (Wildman–Crippen MR) is 69.4 cm³/mol. The van der Waals surface area contributed by atoms with Crippen molar-refractivity contribution in [3.8, 4) is 0 Å². The van der Waals surface area contributed by atoms with Gasteiger partial charge in [-0.05, 0) is 45.1 Å². The first-order chi connectivity index (χ1) is 8.05. The van der Waals surface area contributed by atoms with Crippen molar-refractivity contribution in [2.24, 2.45) is 0 Å². The molecule has 1 atom stereocenters. The number of hydrogen-bond donors (Lipinski definition) is 2. The molecule has 1 heterocycles. The molecule has 1 saturated carbocycles. The maximum Gasteiger partial charge on any atom is 0.211 e. The minimum atomic E-state index is -3.06. The van der Waals surface area contributed by atoms with Gasteiger partial charge < -0.3 is 5.32 Å². The van der Waals surface area contributed by atoms with E-state index in [1.807, 2.05) is 6.92 Å². The lowest BCUT2D eigenvalue weighted by Crippen LogP contribution is -2.59. The fraction of sp³-hybridized carbons (Fsp3) is 1.00. The lowest BCUT2D eigenvalue weighted by Gasteiger charge is -2.48. The van der Waals surface area contributed by atoms with Crippen LogP contribution in [-0.2, 0) is 10.0 Å². The van der Waals surface area contributed by atoms with Crippen LogP contribution in [0.25, 0.3) is 0 Å². The number of piperidine rings is 1. The highest BCUT2D eigenvalue weighted by Crippen LogP contribution is 2.38. The first-order valence-electron chi connectivity index (χ1n) is 6.80. The van der Waals surface area contributed by atoms with E-state index in [2.05, 4.69) is 10.0 Å². The molecule has 1 unspecified atom stereocenters. The van der Waals surface area contributed by atoms with E-state index in [1.165, 1.54) is 19.3 Å². The van der Waals surface area contributed by atoms with Gasteiger partial charge in [0.2, 0.25) is 10.0 Å². The Labute approximate surface area is 105 Å². The summed E-state index contributed by atoms with van der Waals surface area (Å²) in [6.45, 7) is 2.96. The van der Waals surface area contributed by atoms with Crippen LogP contribution in [0, 0.1) is 0 Å². The van der Waals surface area contributed by atoms with Crippen LogP contribution in [-0.4, -0.2) is 32.3 Å². The molecule has 2 rings (SSSR count). The molecule has 0 aromatic rings. The second-order valence-electron chi connectivity index (χ2n) is 5.54. The van der Waals surface area contributed by atoms with Gasteiger partial charge in [0.15, 0.2) is 0 Å². The zero-order valence-electron chi connectivity index (χ0n) is 10.7. The molecule has 1 saturated heterocycles. The van der Waals surface area contributed by atoms with Gasteiger partial charge in [0.05, 0.1) is 5.75 Å². The molecule has 1 spiro atoms. The van der Waals surface area contributed by atoms with Crippen LogP contribution in [0.15, 0.2) is 0 Å². The zero-order valence-corrected chi connectivity index (χ0v) is 11.5. The number of hydrogen-bond acceptors (Lipinski definition) is 3. The molecule has 4 nitrogen and oxygen atoms in total. The zero-order chi connectivity index (χ0) is 12.4. The predicted octanol–water partition coefficient (Wildman–Crippen LogP) is 1.38. The van der Waals surface area contributed by atoms with Gasteiger partial charge in [-0.25, -0.2) is 13.1 Å². The lowest BCUT2D eigenvalue weighted by atomic mass is 9.70. The molecule has 17 heavy (non-hydrogen) atoms. The first-order valence-corrected chi connectivity index (χ1v) is 8.45. The van der Waals surface area contributed by atoms with Crippen LogP contribution < -0.4 is 10.0 Å². The molecule has 0 aromatic carbocycles. The minimum Gasteiger partial charge on any atom is -0.311 e. The number of sulfonamides is 1. The average Bonchev–Trinajstić information content (AvgIpc) is 2.24. The molecule has 2 N–H and O–H groups in total. The van der Waals surface area contributed by atoms with Crippen molar-refractivity contribution in [2.45, 2.75) is 63.5 Å². The summed E-state index contributed by atoms with van der Waals surface area (Å²) in [4.78, 5) is 0. The molecule has 100 valence electrons. The Kier molecular flexibility index (Phi) is 4.10. The van der Waals surface area contributed by atoms with Gasteiger partial charge in [0.25, 0.3) is 0 Å². The normalized spacial score (nSPS) is 27.9. The van der Waals surface area contributed by atoms with Crippen molar-refractivity contribution in [3.05, 3.63) is 0 Å². The highest BCUT2D eigenvalue weighted by atomic mass is 32.2. The minimum absolute atomic E-state index is 0.151. The molecule has 5 heteroatoms. The Bertz CT molecular complexity index is 350. The van der Waals surface area contributed by atoms with Crippen molar-refractivity contribution in [1.82, 2.24) is 10.0 Å². The molecule has 0 bridgehead atoms. The summed E-state index contributed by atoms with van der Waals surface area (Å²) in [5.41, 5.74) is 0.260. The van der Waals surface area contributed by atoms with E-state index in [0.717, 1.165) is 32.2 Å². The van der Waals surface area contributed by atoms with E-state index in [1.54, 1.807) is 0 Å². The second-order valence-corrected chi connectivity index (χ2v) is 7.41.